The summed E-state index contributed by atoms with van der Waals surface area (Å²) in [6.07, 6.45) is 12.3. The molecule has 168 valence electrons. The second-order valence-electron chi connectivity index (χ2n) is 9.28. The smallest absolute Gasteiger partial charge is 0.225 e. The van der Waals surface area contributed by atoms with E-state index in [1.54, 1.807) is 0 Å². The summed E-state index contributed by atoms with van der Waals surface area (Å²) in [5.74, 6) is 1.68. The Balaban J connectivity index is 1.29. The topological polar surface area (TPSA) is 65.1 Å². The highest BCUT2D eigenvalue weighted by molar-refractivity contribution is 7.80. The van der Waals surface area contributed by atoms with Gasteiger partial charge in [0.05, 0.1) is 5.52 Å². The highest BCUT2D eigenvalue weighted by Gasteiger charge is 2.23. The molecule has 2 fully saturated rings. The van der Waals surface area contributed by atoms with Gasteiger partial charge in [-0.1, -0.05) is 37.8 Å². The molecule has 6 nitrogen and oxygen atoms in total. The van der Waals surface area contributed by atoms with Crippen LogP contribution >= 0.6 is 12.2 Å². The Morgan fingerprint density at radius 2 is 1.45 bits per heavy atom. The number of hydrogen-bond donors (Lipinski definition) is 3. The normalized spacial score (nSPS) is 22.5. The lowest BCUT2D eigenvalue weighted by Crippen LogP contribution is -2.47. The van der Waals surface area contributed by atoms with Gasteiger partial charge in [0.15, 0.2) is 5.11 Å². The second kappa shape index (κ2) is 10.4. The number of hydrogen-bond acceptors (Lipinski definition) is 5. The zero-order valence-corrected chi connectivity index (χ0v) is 19.7. The van der Waals surface area contributed by atoms with Crippen LogP contribution in [0.4, 0.5) is 11.8 Å². The number of benzene rings is 1. The summed E-state index contributed by atoms with van der Waals surface area (Å²) in [7, 11) is 4.06. The predicted molar refractivity (Wildman–Crippen MR) is 134 cm³/mol. The Morgan fingerprint density at radius 1 is 0.839 bits per heavy atom. The van der Waals surface area contributed by atoms with Gasteiger partial charge in [-0.15, -0.1) is 0 Å². The van der Waals surface area contributed by atoms with Crippen molar-refractivity contribution in [3.05, 3.63) is 24.3 Å². The second-order valence-corrected chi connectivity index (χ2v) is 9.69. The molecular weight excluding hydrogens is 404 g/mol. The van der Waals surface area contributed by atoms with Crippen LogP contribution in [0.2, 0.25) is 0 Å². The highest BCUT2D eigenvalue weighted by Crippen LogP contribution is 2.26. The van der Waals surface area contributed by atoms with Crippen molar-refractivity contribution in [1.29, 1.82) is 0 Å². The molecule has 0 unspecified atom stereocenters. The molecule has 1 aromatic heterocycles. The Hall–Kier alpha value is -2.15. The third-order valence-corrected chi connectivity index (χ3v) is 6.83. The molecule has 0 spiro atoms. The van der Waals surface area contributed by atoms with Crippen molar-refractivity contribution in [2.75, 3.05) is 24.3 Å². The first-order valence-corrected chi connectivity index (χ1v) is 12.3. The molecule has 0 saturated heterocycles. The molecule has 3 N–H and O–H groups in total. The summed E-state index contributed by atoms with van der Waals surface area (Å²) in [4.78, 5) is 11.6. The number of thiocarbonyl (C=S) groups is 1. The Kier molecular flexibility index (Phi) is 7.43. The third kappa shape index (κ3) is 5.97. The molecule has 7 heteroatoms. The monoisotopic (exact) mass is 440 g/mol. The van der Waals surface area contributed by atoms with Gasteiger partial charge in [-0.3, -0.25) is 0 Å². The van der Waals surface area contributed by atoms with E-state index in [9.17, 15) is 0 Å². The van der Waals surface area contributed by atoms with Gasteiger partial charge in [0, 0.05) is 37.6 Å². The molecule has 1 heterocycles. The van der Waals surface area contributed by atoms with Crippen LogP contribution in [0.5, 0.6) is 0 Å². The van der Waals surface area contributed by atoms with Gasteiger partial charge >= 0.3 is 0 Å². The van der Waals surface area contributed by atoms with Gasteiger partial charge in [0.25, 0.3) is 0 Å². The molecule has 2 saturated carbocycles. The zero-order chi connectivity index (χ0) is 21.6. The van der Waals surface area contributed by atoms with E-state index in [0.29, 0.717) is 18.1 Å². The van der Waals surface area contributed by atoms with E-state index in [-0.39, 0.29) is 0 Å². The van der Waals surface area contributed by atoms with Crippen LogP contribution < -0.4 is 20.9 Å². The first kappa shape index (κ1) is 22.1. The Labute approximate surface area is 191 Å². The van der Waals surface area contributed by atoms with Crippen LogP contribution in [-0.2, 0) is 0 Å². The van der Waals surface area contributed by atoms with Crippen LogP contribution in [-0.4, -0.2) is 47.3 Å². The lowest BCUT2D eigenvalue weighted by molar-refractivity contribution is 0.383. The van der Waals surface area contributed by atoms with E-state index in [1.165, 1.54) is 38.5 Å². The maximum Gasteiger partial charge on any atom is 0.225 e. The van der Waals surface area contributed by atoms with Gasteiger partial charge in [-0.25, -0.2) is 4.98 Å². The summed E-state index contributed by atoms with van der Waals surface area (Å²) in [5.41, 5.74) is 0.981. The molecule has 31 heavy (non-hydrogen) atoms. The quantitative estimate of drug-likeness (QED) is 0.464. The minimum atomic E-state index is 0.401. The summed E-state index contributed by atoms with van der Waals surface area (Å²) in [6.45, 7) is 0. The number of fused-ring (bicyclic) bond motifs is 1. The predicted octanol–water partition coefficient (Wildman–Crippen LogP) is 4.61. The highest BCUT2D eigenvalue weighted by atomic mass is 32.1. The lowest BCUT2D eigenvalue weighted by Gasteiger charge is -2.31. The van der Waals surface area contributed by atoms with E-state index in [2.05, 4.69) is 33.0 Å². The maximum absolute atomic E-state index is 5.62. The number of aromatic nitrogens is 2. The molecule has 0 amide bonds. The van der Waals surface area contributed by atoms with Crippen LogP contribution in [0.3, 0.4) is 0 Å². The fourth-order valence-corrected chi connectivity index (χ4v) is 5.20. The average molecular weight is 441 g/mol. The summed E-state index contributed by atoms with van der Waals surface area (Å²) < 4.78 is 0. The number of rotatable bonds is 5. The molecule has 2 aliphatic rings. The fraction of sp³-hybridized carbons (Fsp3) is 0.625. The van der Waals surface area contributed by atoms with Gasteiger partial charge in [-0.05, 0) is 62.9 Å². The van der Waals surface area contributed by atoms with Crippen molar-refractivity contribution in [2.24, 2.45) is 0 Å². The maximum atomic E-state index is 5.62. The number of para-hydroxylation sites is 1. The van der Waals surface area contributed by atoms with Gasteiger partial charge < -0.3 is 20.9 Å². The summed E-state index contributed by atoms with van der Waals surface area (Å²) in [5, 5.41) is 12.7. The van der Waals surface area contributed by atoms with Crippen molar-refractivity contribution in [3.63, 3.8) is 0 Å². The van der Waals surface area contributed by atoms with E-state index < -0.39 is 0 Å². The minimum Gasteiger partial charge on any atom is -0.362 e. The molecule has 2 aromatic rings. The first-order chi connectivity index (χ1) is 15.1. The van der Waals surface area contributed by atoms with Crippen molar-refractivity contribution < 1.29 is 0 Å². The third-order valence-electron chi connectivity index (χ3n) is 6.59. The summed E-state index contributed by atoms with van der Waals surface area (Å²) >= 11 is 5.62. The Morgan fingerprint density at radius 3 is 2.13 bits per heavy atom. The molecule has 0 aliphatic heterocycles. The van der Waals surface area contributed by atoms with Crippen LogP contribution in [0.15, 0.2) is 24.3 Å². The van der Waals surface area contributed by atoms with Crippen molar-refractivity contribution in [3.8, 4) is 0 Å². The number of nitrogens with zero attached hydrogens (tertiary/aromatic N) is 3. The van der Waals surface area contributed by atoms with Gasteiger partial charge in [0.1, 0.15) is 5.82 Å². The SMILES string of the molecule is CN(C)c1nc(N[C@H]2CC[C@@H](NC(=S)NC3CCCCCC3)CC2)nc2ccccc12. The first-order valence-electron chi connectivity index (χ1n) is 11.9. The molecule has 1 aromatic carbocycles. The van der Waals surface area contributed by atoms with Crippen molar-refractivity contribution >= 4 is 40.0 Å². The molecule has 0 atom stereocenters. The van der Waals surface area contributed by atoms with E-state index >= 15 is 0 Å². The standard InChI is InChI=1S/C24H36N6S/c1-30(2)22-20-11-7-8-12-21(20)28-23(29-22)25-18-13-15-19(16-14-18)27-24(31)26-17-9-5-3-4-6-10-17/h7-8,11-12,17-19H,3-6,9-10,13-16H2,1-2H3,(H,25,28,29)(H2,26,27,31)/t18-,19+. The number of anilines is 2. The molecule has 4 rings (SSSR count). The zero-order valence-electron chi connectivity index (χ0n) is 18.9. The average Bonchev–Trinajstić information content (AvgIpc) is 3.03. The van der Waals surface area contributed by atoms with Crippen molar-refractivity contribution in [2.45, 2.75) is 82.3 Å². The number of nitrogens with one attached hydrogen (secondary N) is 3. The fourth-order valence-electron chi connectivity index (χ4n) is 4.87. The Bertz CT molecular complexity index is 869. The molecule has 0 bridgehead atoms. The lowest BCUT2D eigenvalue weighted by atomic mass is 9.91. The van der Waals surface area contributed by atoms with Crippen LogP contribution in [0.25, 0.3) is 10.9 Å². The van der Waals surface area contributed by atoms with E-state index in [0.717, 1.165) is 53.5 Å². The van der Waals surface area contributed by atoms with E-state index in [4.69, 9.17) is 22.2 Å². The van der Waals surface area contributed by atoms with Crippen LogP contribution in [0, 0.1) is 0 Å². The summed E-state index contributed by atoms with van der Waals surface area (Å²) in [6, 6.07) is 9.61. The molecule has 2 aliphatic carbocycles. The van der Waals surface area contributed by atoms with Gasteiger partial charge in [-0.2, -0.15) is 4.98 Å². The molecular formula is C24H36N6S. The minimum absolute atomic E-state index is 0.401. The van der Waals surface area contributed by atoms with Crippen molar-refractivity contribution in [1.82, 2.24) is 20.6 Å². The van der Waals surface area contributed by atoms with Crippen LogP contribution in [0.1, 0.15) is 64.2 Å². The largest absolute Gasteiger partial charge is 0.362 e. The molecule has 0 radical (unpaired) electrons. The van der Waals surface area contributed by atoms with E-state index in [1.807, 2.05) is 26.2 Å². The van der Waals surface area contributed by atoms with Gasteiger partial charge in [0.2, 0.25) is 5.95 Å².